The number of esters is 1. The minimum atomic E-state index is -3.99. The second-order valence-corrected chi connectivity index (χ2v) is 10.2. The highest BCUT2D eigenvalue weighted by Gasteiger charge is 2.19. The fourth-order valence-corrected chi connectivity index (χ4v) is 4.93. The summed E-state index contributed by atoms with van der Waals surface area (Å²) >= 11 is 0. The molecule has 0 aliphatic heterocycles. The molecule has 12 heteroatoms. The minimum Gasteiger partial charge on any atom is -0.465 e. The van der Waals surface area contributed by atoms with Crippen LogP contribution in [0.2, 0.25) is 0 Å². The fourth-order valence-electron chi connectivity index (χ4n) is 3.99. The highest BCUT2D eigenvalue weighted by atomic mass is 32.2. The highest BCUT2D eigenvalue weighted by molar-refractivity contribution is 7.93. The van der Waals surface area contributed by atoms with Crippen molar-refractivity contribution in [3.63, 3.8) is 0 Å². The van der Waals surface area contributed by atoms with Crippen molar-refractivity contribution in [3.05, 3.63) is 91.1 Å². The minimum absolute atomic E-state index is 0.0906. The van der Waals surface area contributed by atoms with E-state index in [0.717, 1.165) is 22.3 Å². The molecule has 11 nitrogen and oxygen atoms in total. The number of fused-ring (bicyclic) bond motifs is 1. The van der Waals surface area contributed by atoms with Crippen LogP contribution in [-0.4, -0.2) is 51.3 Å². The highest BCUT2D eigenvalue weighted by Crippen LogP contribution is 2.31. The largest absolute Gasteiger partial charge is 0.465 e. The van der Waals surface area contributed by atoms with Gasteiger partial charge in [-0.3, -0.25) is 19.5 Å². The molecule has 0 fully saturated rings. The van der Waals surface area contributed by atoms with Crippen molar-refractivity contribution in [2.45, 2.75) is 13.5 Å². The van der Waals surface area contributed by atoms with Crippen LogP contribution >= 0.6 is 0 Å². The molecule has 0 aliphatic carbocycles. The summed E-state index contributed by atoms with van der Waals surface area (Å²) in [4.78, 5) is 25.0. The second-order valence-electron chi connectivity index (χ2n) is 8.48. The molecule has 5 rings (SSSR count). The van der Waals surface area contributed by atoms with E-state index >= 15 is 0 Å². The molecule has 0 saturated heterocycles. The summed E-state index contributed by atoms with van der Waals surface area (Å²) in [6, 6.07) is 19.1. The van der Waals surface area contributed by atoms with Crippen molar-refractivity contribution in [1.82, 2.24) is 24.6 Å². The number of carbonyl (C=O) groups is 1. The Hall–Kier alpha value is -4.84. The molecule has 0 spiro atoms. The van der Waals surface area contributed by atoms with Gasteiger partial charge in [0.15, 0.2) is 17.4 Å². The first-order valence-electron chi connectivity index (χ1n) is 12.1. The SMILES string of the molecule is CCOC(=O)CS(=O)(=O)Nc1cncc(-c2nc(NCc3ccccn3)c3c(-c4ccccc4)ccn3n2)c1. The van der Waals surface area contributed by atoms with Crippen LogP contribution in [0.3, 0.4) is 0 Å². The Morgan fingerprint density at radius 2 is 1.85 bits per heavy atom. The number of sulfonamides is 1. The van der Waals surface area contributed by atoms with Crippen LogP contribution in [0.4, 0.5) is 11.5 Å². The maximum atomic E-state index is 12.4. The molecule has 4 aromatic heterocycles. The second kappa shape index (κ2) is 11.3. The zero-order valence-electron chi connectivity index (χ0n) is 21.0. The molecular weight excluding hydrogens is 518 g/mol. The van der Waals surface area contributed by atoms with Gasteiger partial charge in [-0.25, -0.2) is 17.9 Å². The van der Waals surface area contributed by atoms with E-state index in [4.69, 9.17) is 9.72 Å². The number of nitrogens with one attached hydrogen (secondary N) is 2. The number of carbonyl (C=O) groups excluding carboxylic acids is 1. The van der Waals surface area contributed by atoms with Crippen molar-refractivity contribution in [1.29, 1.82) is 0 Å². The van der Waals surface area contributed by atoms with Crippen molar-refractivity contribution >= 4 is 33.0 Å². The first-order valence-corrected chi connectivity index (χ1v) is 13.8. The maximum Gasteiger partial charge on any atom is 0.323 e. The summed E-state index contributed by atoms with van der Waals surface area (Å²) in [7, 11) is -3.99. The van der Waals surface area contributed by atoms with Crippen molar-refractivity contribution in [2.75, 3.05) is 22.4 Å². The van der Waals surface area contributed by atoms with E-state index in [1.54, 1.807) is 23.7 Å². The smallest absolute Gasteiger partial charge is 0.323 e. The normalized spacial score (nSPS) is 11.3. The number of pyridine rings is 2. The summed E-state index contributed by atoms with van der Waals surface area (Å²) in [5.41, 5.74) is 4.22. The first-order chi connectivity index (χ1) is 18.9. The van der Waals surface area contributed by atoms with Gasteiger partial charge in [0.1, 0.15) is 5.52 Å². The molecule has 4 heterocycles. The van der Waals surface area contributed by atoms with Crippen molar-refractivity contribution < 1.29 is 17.9 Å². The maximum absolute atomic E-state index is 12.4. The molecule has 0 saturated carbocycles. The molecule has 0 atom stereocenters. The summed E-state index contributed by atoms with van der Waals surface area (Å²) < 4.78 is 33.7. The third kappa shape index (κ3) is 6.18. The first kappa shape index (κ1) is 25.8. The number of hydrogen-bond acceptors (Lipinski definition) is 9. The average Bonchev–Trinajstić information content (AvgIpc) is 3.37. The number of ether oxygens (including phenoxy) is 1. The van der Waals surface area contributed by atoms with E-state index in [1.165, 1.54) is 12.4 Å². The van der Waals surface area contributed by atoms with Crippen molar-refractivity contribution in [2.24, 2.45) is 0 Å². The number of rotatable bonds is 10. The average molecular weight is 544 g/mol. The Morgan fingerprint density at radius 3 is 2.62 bits per heavy atom. The Morgan fingerprint density at radius 1 is 1.03 bits per heavy atom. The molecular formula is C27H25N7O4S. The third-order valence-corrected chi connectivity index (χ3v) is 6.80. The summed E-state index contributed by atoms with van der Waals surface area (Å²) in [5, 5.41) is 8.06. The summed E-state index contributed by atoms with van der Waals surface area (Å²) in [6.07, 6.45) is 6.45. The van der Waals surface area contributed by atoms with Gasteiger partial charge in [-0.2, -0.15) is 0 Å². The Bertz CT molecular complexity index is 1710. The number of aromatic nitrogens is 5. The molecule has 1 aromatic carbocycles. The van der Waals surface area contributed by atoms with Crippen molar-refractivity contribution in [3.8, 4) is 22.5 Å². The van der Waals surface area contributed by atoms with Crippen LogP contribution in [0.1, 0.15) is 12.6 Å². The zero-order valence-corrected chi connectivity index (χ0v) is 21.8. The molecule has 0 radical (unpaired) electrons. The lowest BCUT2D eigenvalue weighted by atomic mass is 10.1. The van der Waals surface area contributed by atoms with Gasteiger partial charge in [-0.15, -0.1) is 5.10 Å². The van der Waals surface area contributed by atoms with E-state index in [0.29, 0.717) is 23.8 Å². The Balaban J connectivity index is 1.52. The Labute approximate surface area is 225 Å². The molecule has 0 amide bonds. The number of hydrogen-bond donors (Lipinski definition) is 2. The predicted molar refractivity (Wildman–Crippen MR) is 147 cm³/mol. The number of nitrogens with zero attached hydrogens (tertiary/aromatic N) is 5. The summed E-state index contributed by atoms with van der Waals surface area (Å²) in [6.45, 7) is 2.13. The topological polar surface area (TPSA) is 140 Å². The Kier molecular flexibility index (Phi) is 7.46. The number of benzene rings is 1. The fraction of sp³-hybridized carbons (Fsp3) is 0.148. The van der Waals surface area contributed by atoms with Crippen LogP contribution in [0.25, 0.3) is 28.0 Å². The molecule has 5 aromatic rings. The monoisotopic (exact) mass is 543 g/mol. The molecule has 0 bridgehead atoms. The zero-order chi connectivity index (χ0) is 27.2. The third-order valence-electron chi connectivity index (χ3n) is 5.64. The lowest BCUT2D eigenvalue weighted by Gasteiger charge is -2.12. The van der Waals surface area contributed by atoms with E-state index in [9.17, 15) is 13.2 Å². The van der Waals surface area contributed by atoms with E-state index in [1.807, 2.05) is 60.8 Å². The van der Waals surface area contributed by atoms with Gasteiger partial charge in [0, 0.05) is 29.7 Å². The molecule has 0 unspecified atom stereocenters. The van der Waals surface area contributed by atoms with Gasteiger partial charge in [0.25, 0.3) is 0 Å². The van der Waals surface area contributed by atoms with Gasteiger partial charge < -0.3 is 10.1 Å². The standard InChI is InChI=1S/C27H25N7O4S/c1-2-38-24(35)18-39(36,37)33-22-14-20(15-28-16-22)26-31-27(30-17-21-10-6-7-12-29-21)25-23(11-13-34(25)32-26)19-8-4-3-5-9-19/h3-16,33H,2,17-18H2,1H3,(H,30,31,32). The summed E-state index contributed by atoms with van der Waals surface area (Å²) in [5.74, 6) is -0.753. The van der Waals surface area contributed by atoms with Crippen LogP contribution in [0.5, 0.6) is 0 Å². The van der Waals surface area contributed by atoms with E-state index in [2.05, 4.69) is 25.1 Å². The van der Waals surface area contributed by atoms with Gasteiger partial charge in [0.05, 0.1) is 30.7 Å². The van der Waals surface area contributed by atoms with Crippen LogP contribution in [0, 0.1) is 0 Å². The van der Waals surface area contributed by atoms with Crippen LogP contribution < -0.4 is 10.0 Å². The molecule has 0 aliphatic rings. The van der Waals surface area contributed by atoms with Gasteiger partial charge in [-0.1, -0.05) is 36.4 Å². The molecule has 39 heavy (non-hydrogen) atoms. The van der Waals surface area contributed by atoms with Gasteiger partial charge in [-0.05, 0) is 36.8 Å². The quantitative estimate of drug-likeness (QED) is 0.252. The van der Waals surface area contributed by atoms with Gasteiger partial charge in [0.2, 0.25) is 10.0 Å². The lowest BCUT2D eigenvalue weighted by molar-refractivity contribution is -0.139. The molecule has 198 valence electrons. The van der Waals surface area contributed by atoms with Crippen LogP contribution in [0.15, 0.2) is 85.5 Å². The van der Waals surface area contributed by atoms with E-state index in [-0.39, 0.29) is 12.3 Å². The number of anilines is 2. The van der Waals surface area contributed by atoms with E-state index < -0.39 is 21.7 Å². The van der Waals surface area contributed by atoms with Gasteiger partial charge >= 0.3 is 5.97 Å². The predicted octanol–water partition coefficient (Wildman–Crippen LogP) is 3.77. The molecule has 2 N–H and O–H groups in total. The van der Waals surface area contributed by atoms with Crippen LogP contribution in [-0.2, 0) is 26.1 Å². The lowest BCUT2D eigenvalue weighted by Crippen LogP contribution is -2.24.